The molecule has 0 saturated carbocycles. The Morgan fingerprint density at radius 2 is 1.67 bits per heavy atom. The molecule has 0 spiro atoms. The smallest absolute Gasteiger partial charge is 0.169 e. The molecule has 4 rings (SSSR count). The van der Waals surface area contributed by atoms with Gasteiger partial charge in [0.1, 0.15) is 0 Å². The van der Waals surface area contributed by atoms with Gasteiger partial charge in [0.05, 0.1) is 17.8 Å². The molecule has 1 N–H and O–H groups in total. The molecule has 3 aromatic rings. The lowest BCUT2D eigenvalue weighted by Gasteiger charge is -2.25. The van der Waals surface area contributed by atoms with Gasteiger partial charge in [0, 0.05) is 35.9 Å². The first-order valence-electron chi connectivity index (χ1n) is 9.18. The Kier molecular flexibility index (Phi) is 4.48. The van der Waals surface area contributed by atoms with Crippen molar-refractivity contribution in [2.45, 2.75) is 32.9 Å². The average molecular weight is 377 g/mol. The molecule has 1 aliphatic rings. The number of thiocarbonyl (C=S) groups is 1. The third-order valence-electron chi connectivity index (χ3n) is 5.66. The minimum absolute atomic E-state index is 0.0344. The summed E-state index contributed by atoms with van der Waals surface area (Å²) in [5.74, 6) is 0. The molecule has 0 aliphatic carbocycles. The fourth-order valence-electron chi connectivity index (χ4n) is 4.23. The van der Waals surface area contributed by atoms with Gasteiger partial charge in [0.2, 0.25) is 0 Å². The van der Waals surface area contributed by atoms with Gasteiger partial charge in [-0.1, -0.05) is 24.3 Å². The first-order valence-corrected chi connectivity index (χ1v) is 9.59. The summed E-state index contributed by atoms with van der Waals surface area (Å²) in [7, 11) is 2.07. The summed E-state index contributed by atoms with van der Waals surface area (Å²) in [6, 6.07) is 16.7. The lowest BCUT2D eigenvalue weighted by Crippen LogP contribution is -2.25. The van der Waals surface area contributed by atoms with Gasteiger partial charge in [0.25, 0.3) is 0 Å². The highest BCUT2D eigenvalue weighted by Gasteiger charge is 2.40. The zero-order chi connectivity index (χ0) is 19.1. The van der Waals surface area contributed by atoms with Crippen molar-refractivity contribution in [1.29, 1.82) is 0 Å². The second kappa shape index (κ2) is 6.82. The fraction of sp³-hybridized carbons (Fsp3) is 0.273. The Balaban J connectivity index is 1.88. The van der Waals surface area contributed by atoms with E-state index in [0.29, 0.717) is 0 Å². The van der Waals surface area contributed by atoms with Crippen molar-refractivity contribution >= 4 is 17.3 Å². The van der Waals surface area contributed by atoms with E-state index in [4.69, 9.17) is 12.2 Å². The third kappa shape index (κ3) is 2.82. The third-order valence-corrected chi connectivity index (χ3v) is 6.06. The molecule has 2 atom stereocenters. The van der Waals surface area contributed by atoms with E-state index < -0.39 is 0 Å². The zero-order valence-corrected chi connectivity index (χ0v) is 16.9. The van der Waals surface area contributed by atoms with Gasteiger partial charge in [0.15, 0.2) is 5.11 Å². The van der Waals surface area contributed by atoms with Gasteiger partial charge in [-0.05, 0) is 62.8 Å². The van der Waals surface area contributed by atoms with Gasteiger partial charge in [-0.3, -0.25) is 4.98 Å². The lowest BCUT2D eigenvalue weighted by molar-refractivity contribution is 0.366. The summed E-state index contributed by atoms with van der Waals surface area (Å²) < 4.78 is 2.34. The molecule has 1 aliphatic heterocycles. The van der Waals surface area contributed by atoms with Gasteiger partial charge >= 0.3 is 0 Å². The molecule has 4 nitrogen and oxygen atoms in total. The summed E-state index contributed by atoms with van der Waals surface area (Å²) in [5, 5.41) is 4.24. The van der Waals surface area contributed by atoms with Crippen LogP contribution < -0.4 is 5.32 Å². The van der Waals surface area contributed by atoms with Crippen molar-refractivity contribution in [3.05, 3.63) is 82.9 Å². The molecule has 3 heterocycles. The summed E-state index contributed by atoms with van der Waals surface area (Å²) in [6.07, 6.45) is 1.84. The van der Waals surface area contributed by atoms with E-state index in [0.717, 1.165) is 10.8 Å². The number of likely N-dealkylation sites (N-methyl/N-ethyl adjacent to an activating group) is 1. The number of aromatic nitrogens is 2. The van der Waals surface area contributed by atoms with Crippen LogP contribution in [0.1, 0.15) is 40.3 Å². The maximum Gasteiger partial charge on any atom is 0.169 e. The second-order valence-corrected chi connectivity index (χ2v) is 7.50. The van der Waals surface area contributed by atoms with Crippen LogP contribution in [0.3, 0.4) is 0 Å². The number of pyridine rings is 1. The highest BCUT2D eigenvalue weighted by Crippen LogP contribution is 2.42. The molecule has 1 aromatic carbocycles. The van der Waals surface area contributed by atoms with Crippen LogP contribution in [0.25, 0.3) is 5.69 Å². The van der Waals surface area contributed by atoms with E-state index in [-0.39, 0.29) is 12.1 Å². The largest absolute Gasteiger partial charge is 0.352 e. The summed E-state index contributed by atoms with van der Waals surface area (Å²) in [4.78, 5) is 6.76. The monoisotopic (exact) mass is 376 g/mol. The van der Waals surface area contributed by atoms with Gasteiger partial charge < -0.3 is 14.8 Å². The average Bonchev–Trinajstić information content (AvgIpc) is 3.10. The predicted molar refractivity (Wildman–Crippen MR) is 113 cm³/mol. The standard InChI is InChI=1S/C22H24N4S/c1-14-15(2)26(17-10-6-5-7-11-17)16(3)19(14)21-20(24-22(27)25(21)4)18-12-8-9-13-23-18/h5-13,20-21H,1-4H3,(H,24,27)/t20-,21+/m0/s1. The van der Waals surface area contributed by atoms with E-state index in [1.807, 2.05) is 18.3 Å². The molecular formula is C22H24N4S. The number of nitrogens with one attached hydrogen (secondary N) is 1. The van der Waals surface area contributed by atoms with E-state index in [9.17, 15) is 0 Å². The highest BCUT2D eigenvalue weighted by atomic mass is 32.1. The molecule has 1 saturated heterocycles. The highest BCUT2D eigenvalue weighted by molar-refractivity contribution is 7.80. The summed E-state index contributed by atoms with van der Waals surface area (Å²) in [5.41, 5.74) is 7.34. The normalized spacial score (nSPS) is 19.4. The van der Waals surface area contributed by atoms with E-state index in [1.54, 1.807) is 0 Å². The molecule has 5 heteroatoms. The SMILES string of the molecule is Cc1c([C@@H]2[C@H](c3ccccn3)NC(=S)N2C)c(C)n(-c2ccccc2)c1C. The Labute approximate surface area is 165 Å². The molecule has 0 unspecified atom stereocenters. The van der Waals surface area contributed by atoms with Crippen LogP contribution in [0.15, 0.2) is 54.7 Å². The molecule has 27 heavy (non-hydrogen) atoms. The lowest BCUT2D eigenvalue weighted by atomic mass is 9.94. The van der Waals surface area contributed by atoms with Crippen LogP contribution >= 0.6 is 12.2 Å². The van der Waals surface area contributed by atoms with Crippen LogP contribution in [-0.2, 0) is 0 Å². The molecule has 1 fully saturated rings. The Hall–Kier alpha value is -2.66. The first-order chi connectivity index (χ1) is 13.0. The quantitative estimate of drug-likeness (QED) is 0.687. The number of rotatable bonds is 3. The van der Waals surface area contributed by atoms with E-state index >= 15 is 0 Å². The van der Waals surface area contributed by atoms with Crippen LogP contribution in [0.4, 0.5) is 0 Å². The first kappa shape index (κ1) is 17.7. The minimum Gasteiger partial charge on any atom is -0.352 e. The number of benzene rings is 1. The molecular weight excluding hydrogens is 352 g/mol. The Bertz CT molecular complexity index is 979. The number of hydrogen-bond acceptors (Lipinski definition) is 2. The van der Waals surface area contributed by atoms with Gasteiger partial charge in [-0.25, -0.2) is 0 Å². The Morgan fingerprint density at radius 1 is 0.963 bits per heavy atom. The van der Waals surface area contributed by atoms with Crippen molar-refractivity contribution < 1.29 is 0 Å². The van der Waals surface area contributed by atoms with E-state index in [1.165, 1.54) is 28.2 Å². The maximum absolute atomic E-state index is 5.60. The van der Waals surface area contributed by atoms with E-state index in [2.05, 4.69) is 84.0 Å². The summed E-state index contributed by atoms with van der Waals surface area (Å²) >= 11 is 5.60. The molecule has 0 amide bonds. The maximum atomic E-state index is 5.60. The number of hydrogen-bond donors (Lipinski definition) is 1. The number of nitrogens with zero attached hydrogens (tertiary/aromatic N) is 3. The van der Waals surface area contributed by atoms with Crippen LogP contribution in [-0.4, -0.2) is 26.6 Å². The molecule has 0 radical (unpaired) electrons. The van der Waals surface area contributed by atoms with Crippen molar-refractivity contribution in [2.75, 3.05) is 7.05 Å². The van der Waals surface area contributed by atoms with Crippen molar-refractivity contribution in [3.63, 3.8) is 0 Å². The minimum atomic E-state index is 0.0344. The Morgan fingerprint density at radius 3 is 2.33 bits per heavy atom. The van der Waals surface area contributed by atoms with Crippen molar-refractivity contribution in [3.8, 4) is 5.69 Å². The number of para-hydroxylation sites is 1. The molecule has 2 aromatic heterocycles. The predicted octanol–water partition coefficient (Wildman–Crippen LogP) is 4.40. The van der Waals surface area contributed by atoms with Gasteiger partial charge in [-0.15, -0.1) is 0 Å². The van der Waals surface area contributed by atoms with Crippen LogP contribution in [0.5, 0.6) is 0 Å². The zero-order valence-electron chi connectivity index (χ0n) is 16.1. The molecule has 0 bridgehead atoms. The fourth-order valence-corrected chi connectivity index (χ4v) is 4.47. The van der Waals surface area contributed by atoms with Crippen molar-refractivity contribution in [2.24, 2.45) is 0 Å². The topological polar surface area (TPSA) is 33.1 Å². The summed E-state index contributed by atoms with van der Waals surface area (Å²) in [6.45, 7) is 6.60. The van der Waals surface area contributed by atoms with Crippen LogP contribution in [0.2, 0.25) is 0 Å². The second-order valence-electron chi connectivity index (χ2n) is 7.12. The van der Waals surface area contributed by atoms with Gasteiger partial charge in [-0.2, -0.15) is 0 Å². The van der Waals surface area contributed by atoms with Crippen LogP contribution in [0, 0.1) is 20.8 Å². The van der Waals surface area contributed by atoms with Crippen molar-refractivity contribution in [1.82, 2.24) is 19.8 Å². The molecule has 138 valence electrons.